The molecular weight excluding hydrogens is 352 g/mol. The minimum atomic E-state index is -0.208. The van der Waals surface area contributed by atoms with Crippen molar-refractivity contribution in [3.63, 3.8) is 0 Å². The summed E-state index contributed by atoms with van der Waals surface area (Å²) in [6.45, 7) is 0.409. The Kier molecular flexibility index (Phi) is 4.41. The van der Waals surface area contributed by atoms with Gasteiger partial charge in [0.15, 0.2) is 5.69 Å². The molecule has 0 saturated heterocycles. The number of pyridine rings is 1. The van der Waals surface area contributed by atoms with Crippen molar-refractivity contribution in [2.75, 3.05) is 0 Å². The summed E-state index contributed by atoms with van der Waals surface area (Å²) in [5, 5.41) is 13.9. The fraction of sp³-hybridized carbons (Fsp3) is 0.0556. The first-order valence-electron chi connectivity index (χ1n) is 7.65. The zero-order chi connectivity index (χ0) is 17.1. The van der Waals surface area contributed by atoms with E-state index in [2.05, 4.69) is 26.6 Å². The molecule has 4 aromatic heterocycles. The molecule has 4 aromatic rings. The second kappa shape index (κ2) is 7.00. The molecule has 0 aliphatic heterocycles. The molecule has 0 spiro atoms. The number of amides is 1. The first-order chi connectivity index (χ1) is 12.3. The SMILES string of the molecule is O=C(NCc1cncc(-c2cccs2)c1)c1cc(-c2cccs2)[nH]n1. The van der Waals surface area contributed by atoms with E-state index in [0.29, 0.717) is 12.2 Å². The van der Waals surface area contributed by atoms with Gasteiger partial charge in [-0.2, -0.15) is 5.10 Å². The molecule has 124 valence electrons. The molecule has 0 saturated carbocycles. The summed E-state index contributed by atoms with van der Waals surface area (Å²) in [5.74, 6) is -0.208. The summed E-state index contributed by atoms with van der Waals surface area (Å²) in [6.07, 6.45) is 3.59. The maximum atomic E-state index is 12.3. The van der Waals surface area contributed by atoms with Crippen molar-refractivity contribution in [3.05, 3.63) is 70.8 Å². The van der Waals surface area contributed by atoms with Gasteiger partial charge in [0, 0.05) is 29.4 Å². The Morgan fingerprint density at radius 3 is 2.64 bits per heavy atom. The van der Waals surface area contributed by atoms with Crippen LogP contribution < -0.4 is 5.32 Å². The summed E-state index contributed by atoms with van der Waals surface area (Å²) < 4.78 is 0. The van der Waals surface area contributed by atoms with E-state index >= 15 is 0 Å². The van der Waals surface area contributed by atoms with Crippen molar-refractivity contribution < 1.29 is 4.79 Å². The van der Waals surface area contributed by atoms with Crippen LogP contribution in [0.2, 0.25) is 0 Å². The number of hydrogen-bond donors (Lipinski definition) is 2. The van der Waals surface area contributed by atoms with E-state index in [1.165, 1.54) is 0 Å². The van der Waals surface area contributed by atoms with E-state index in [1.54, 1.807) is 34.9 Å². The molecule has 4 rings (SSSR count). The lowest BCUT2D eigenvalue weighted by atomic mass is 10.2. The van der Waals surface area contributed by atoms with Crippen molar-refractivity contribution >= 4 is 28.6 Å². The van der Waals surface area contributed by atoms with Crippen LogP contribution in [-0.2, 0) is 6.54 Å². The first kappa shape index (κ1) is 15.7. The third-order valence-corrected chi connectivity index (χ3v) is 5.47. The van der Waals surface area contributed by atoms with Crippen molar-refractivity contribution in [3.8, 4) is 21.0 Å². The number of thiophene rings is 2. The minimum absolute atomic E-state index is 0.208. The molecule has 5 nitrogen and oxygen atoms in total. The Hall–Kier alpha value is -2.77. The Morgan fingerprint density at radius 2 is 1.88 bits per heavy atom. The maximum Gasteiger partial charge on any atom is 0.272 e. The second-order valence-corrected chi connectivity index (χ2v) is 7.28. The first-order valence-corrected chi connectivity index (χ1v) is 9.41. The molecule has 0 unspecified atom stereocenters. The number of H-pyrrole nitrogens is 1. The van der Waals surface area contributed by atoms with Gasteiger partial charge in [-0.05, 0) is 40.6 Å². The van der Waals surface area contributed by atoms with Crippen molar-refractivity contribution in [2.24, 2.45) is 0 Å². The number of carbonyl (C=O) groups excluding carboxylic acids is 1. The van der Waals surface area contributed by atoms with Crippen LogP contribution in [0.3, 0.4) is 0 Å². The van der Waals surface area contributed by atoms with Gasteiger partial charge >= 0.3 is 0 Å². The van der Waals surface area contributed by atoms with E-state index in [-0.39, 0.29) is 5.91 Å². The fourth-order valence-corrected chi connectivity index (χ4v) is 3.83. The van der Waals surface area contributed by atoms with Crippen LogP contribution >= 0.6 is 22.7 Å². The van der Waals surface area contributed by atoms with Gasteiger partial charge in [0.2, 0.25) is 0 Å². The van der Waals surface area contributed by atoms with Gasteiger partial charge in [-0.15, -0.1) is 22.7 Å². The number of hydrogen-bond acceptors (Lipinski definition) is 5. The average Bonchev–Trinajstić information content (AvgIpc) is 3.41. The van der Waals surface area contributed by atoms with Crippen LogP contribution in [-0.4, -0.2) is 21.1 Å². The summed E-state index contributed by atoms with van der Waals surface area (Å²) in [7, 11) is 0. The topological polar surface area (TPSA) is 70.7 Å². The standard InChI is InChI=1S/C18H14N4OS2/c23-18(15-8-14(21-22-15)17-4-2-6-25-17)20-10-12-7-13(11-19-9-12)16-3-1-5-24-16/h1-9,11H,10H2,(H,20,23)(H,21,22). The van der Waals surface area contributed by atoms with Crippen LogP contribution in [0.25, 0.3) is 21.0 Å². The number of aromatic nitrogens is 3. The molecule has 0 fully saturated rings. The zero-order valence-electron chi connectivity index (χ0n) is 13.1. The highest BCUT2D eigenvalue weighted by Gasteiger charge is 2.12. The molecule has 0 aromatic carbocycles. The van der Waals surface area contributed by atoms with Gasteiger partial charge in [-0.3, -0.25) is 14.9 Å². The van der Waals surface area contributed by atoms with Gasteiger partial charge < -0.3 is 5.32 Å². The van der Waals surface area contributed by atoms with Gasteiger partial charge in [0.05, 0.1) is 10.6 Å². The van der Waals surface area contributed by atoms with Crippen molar-refractivity contribution in [2.45, 2.75) is 6.54 Å². The average molecular weight is 366 g/mol. The Labute approximate surface area is 152 Å². The van der Waals surface area contributed by atoms with Crippen molar-refractivity contribution in [1.29, 1.82) is 0 Å². The summed E-state index contributed by atoms with van der Waals surface area (Å²) in [4.78, 5) is 18.8. The predicted octanol–water partition coefficient (Wildman–Crippen LogP) is 4.19. The smallest absolute Gasteiger partial charge is 0.272 e. The van der Waals surface area contributed by atoms with Gasteiger partial charge in [-0.25, -0.2) is 0 Å². The van der Waals surface area contributed by atoms with Gasteiger partial charge in [-0.1, -0.05) is 12.1 Å². The van der Waals surface area contributed by atoms with E-state index < -0.39 is 0 Å². The lowest BCUT2D eigenvalue weighted by Crippen LogP contribution is -2.23. The monoisotopic (exact) mass is 366 g/mol. The number of nitrogens with zero attached hydrogens (tertiary/aromatic N) is 2. The van der Waals surface area contributed by atoms with Crippen LogP contribution in [0.5, 0.6) is 0 Å². The normalized spacial score (nSPS) is 10.7. The summed E-state index contributed by atoms with van der Waals surface area (Å²) in [6, 6.07) is 11.8. The van der Waals surface area contributed by atoms with Crippen LogP contribution in [0, 0.1) is 0 Å². The molecule has 0 aliphatic carbocycles. The van der Waals surface area contributed by atoms with E-state index in [1.807, 2.05) is 41.2 Å². The molecule has 1 amide bonds. The zero-order valence-corrected chi connectivity index (χ0v) is 14.7. The Morgan fingerprint density at radius 1 is 1.08 bits per heavy atom. The molecule has 2 N–H and O–H groups in total. The molecular formula is C18H14N4OS2. The van der Waals surface area contributed by atoms with Crippen LogP contribution in [0.15, 0.2) is 59.6 Å². The highest BCUT2D eigenvalue weighted by molar-refractivity contribution is 7.13. The molecule has 0 atom stereocenters. The molecule has 4 heterocycles. The largest absolute Gasteiger partial charge is 0.347 e. The van der Waals surface area contributed by atoms with Gasteiger partial charge in [0.1, 0.15) is 0 Å². The lowest BCUT2D eigenvalue weighted by Gasteiger charge is -2.05. The second-order valence-electron chi connectivity index (χ2n) is 5.39. The number of rotatable bonds is 5. The summed E-state index contributed by atoms with van der Waals surface area (Å²) >= 11 is 3.27. The Balaban J connectivity index is 1.43. The lowest BCUT2D eigenvalue weighted by molar-refractivity contribution is 0.0946. The predicted molar refractivity (Wildman–Crippen MR) is 101 cm³/mol. The van der Waals surface area contributed by atoms with Gasteiger partial charge in [0.25, 0.3) is 5.91 Å². The fourth-order valence-electron chi connectivity index (χ4n) is 2.43. The van der Waals surface area contributed by atoms with E-state index in [4.69, 9.17) is 0 Å². The quantitative estimate of drug-likeness (QED) is 0.556. The van der Waals surface area contributed by atoms with Crippen LogP contribution in [0.4, 0.5) is 0 Å². The number of nitrogens with one attached hydrogen (secondary N) is 2. The molecule has 0 bridgehead atoms. The molecule has 0 radical (unpaired) electrons. The Bertz CT molecular complexity index is 974. The van der Waals surface area contributed by atoms with Crippen molar-refractivity contribution in [1.82, 2.24) is 20.5 Å². The molecule has 0 aliphatic rings. The van der Waals surface area contributed by atoms with E-state index in [9.17, 15) is 4.79 Å². The third kappa shape index (κ3) is 3.52. The van der Waals surface area contributed by atoms with E-state index in [0.717, 1.165) is 26.6 Å². The highest BCUT2D eigenvalue weighted by Crippen LogP contribution is 2.25. The third-order valence-electron chi connectivity index (χ3n) is 3.65. The van der Waals surface area contributed by atoms with Crippen LogP contribution in [0.1, 0.15) is 16.1 Å². The number of aromatic amines is 1. The minimum Gasteiger partial charge on any atom is -0.347 e. The highest BCUT2D eigenvalue weighted by atomic mass is 32.1. The molecule has 25 heavy (non-hydrogen) atoms. The number of carbonyl (C=O) groups is 1. The molecule has 7 heteroatoms. The maximum absolute atomic E-state index is 12.3. The summed E-state index contributed by atoms with van der Waals surface area (Å²) in [5.41, 5.74) is 3.24.